The van der Waals surface area contributed by atoms with Gasteiger partial charge in [-0.15, -0.1) is 5.53 Å². The highest BCUT2D eigenvalue weighted by molar-refractivity contribution is 5.80. The molecule has 2 N–H and O–H groups in total. The van der Waals surface area contributed by atoms with Crippen molar-refractivity contribution in [2.75, 3.05) is 37.6 Å². The number of hydrogen-bond acceptors (Lipinski definition) is 6. The van der Waals surface area contributed by atoms with Gasteiger partial charge in [0, 0.05) is 31.9 Å². The van der Waals surface area contributed by atoms with Crippen LogP contribution in [-0.2, 0) is 10.2 Å². The maximum Gasteiger partial charge on any atom is 0.243 e. The van der Waals surface area contributed by atoms with Gasteiger partial charge in [0.15, 0.2) is 0 Å². The van der Waals surface area contributed by atoms with Crippen LogP contribution >= 0.6 is 0 Å². The maximum absolute atomic E-state index is 12.4. The van der Waals surface area contributed by atoms with Gasteiger partial charge in [-0.1, -0.05) is 39.0 Å². The number of piperazine rings is 1. The normalized spacial score (nSPS) is 18.0. The lowest BCUT2D eigenvalue weighted by atomic mass is 9.85. The van der Waals surface area contributed by atoms with E-state index in [4.69, 9.17) is 0 Å². The number of nitrogens with one attached hydrogen (secondary N) is 2. The lowest BCUT2D eigenvalue weighted by Gasteiger charge is -2.38. The molecule has 3 rings (SSSR count). The van der Waals surface area contributed by atoms with Gasteiger partial charge in [0.25, 0.3) is 0 Å². The van der Waals surface area contributed by atoms with E-state index in [1.165, 1.54) is 11.3 Å². The van der Waals surface area contributed by atoms with E-state index in [1.807, 2.05) is 4.90 Å². The van der Waals surface area contributed by atoms with Gasteiger partial charge in [0.05, 0.1) is 0 Å². The molecule has 1 aromatic rings. The first-order chi connectivity index (χ1) is 11.4. The molecule has 0 aromatic heterocycles. The molecule has 7 heteroatoms. The Morgan fingerprint density at radius 3 is 2.50 bits per heavy atom. The molecule has 1 saturated heterocycles. The number of hydrazone groups is 1. The molecule has 1 aromatic carbocycles. The summed E-state index contributed by atoms with van der Waals surface area (Å²) in [5.41, 5.74) is 8.13. The molecule has 1 fully saturated rings. The van der Waals surface area contributed by atoms with Gasteiger partial charge in [-0.3, -0.25) is 9.80 Å². The molecular formula is C17H26N6O. The van der Waals surface area contributed by atoms with E-state index < -0.39 is 0 Å². The van der Waals surface area contributed by atoms with Crippen molar-refractivity contribution in [3.05, 3.63) is 29.8 Å². The standard InChI is InChI=1S/C17H26N6O/c1-17(2,3)14-6-4-5-7-15(14)21-8-10-22(11-9-21)16(24)12-23-13-18-19-20-23/h4-7,13,19-20H,8-12H2,1-3H3. The smallest absolute Gasteiger partial charge is 0.243 e. The number of rotatable bonds is 3. The number of amides is 1. The van der Waals surface area contributed by atoms with Crippen molar-refractivity contribution in [2.45, 2.75) is 26.2 Å². The lowest BCUT2D eigenvalue weighted by Crippen LogP contribution is -2.52. The third kappa shape index (κ3) is 3.62. The highest BCUT2D eigenvalue weighted by Crippen LogP contribution is 2.32. The van der Waals surface area contributed by atoms with Crippen LogP contribution in [0.1, 0.15) is 26.3 Å². The monoisotopic (exact) mass is 330 g/mol. The molecule has 0 bridgehead atoms. The predicted molar refractivity (Wildman–Crippen MR) is 95.4 cm³/mol. The predicted octanol–water partition coefficient (Wildman–Crippen LogP) is 0.901. The third-order valence-electron chi connectivity index (χ3n) is 4.45. The minimum absolute atomic E-state index is 0.108. The van der Waals surface area contributed by atoms with Crippen molar-refractivity contribution in [2.24, 2.45) is 5.10 Å². The number of nitrogens with zero attached hydrogens (tertiary/aromatic N) is 4. The molecule has 0 radical (unpaired) electrons. The lowest BCUT2D eigenvalue weighted by molar-refractivity contribution is -0.132. The van der Waals surface area contributed by atoms with Crippen LogP contribution in [-0.4, -0.2) is 54.9 Å². The molecular weight excluding hydrogens is 304 g/mol. The van der Waals surface area contributed by atoms with E-state index in [-0.39, 0.29) is 17.9 Å². The van der Waals surface area contributed by atoms with Gasteiger partial charge in [0.1, 0.15) is 12.9 Å². The number of hydrogen-bond donors (Lipinski definition) is 2. The van der Waals surface area contributed by atoms with E-state index in [0.717, 1.165) is 26.2 Å². The molecule has 0 atom stereocenters. The van der Waals surface area contributed by atoms with E-state index in [1.54, 1.807) is 11.3 Å². The summed E-state index contributed by atoms with van der Waals surface area (Å²) in [6, 6.07) is 8.59. The minimum Gasteiger partial charge on any atom is -0.368 e. The first-order valence-electron chi connectivity index (χ1n) is 8.38. The first-order valence-corrected chi connectivity index (χ1v) is 8.38. The largest absolute Gasteiger partial charge is 0.368 e. The topological polar surface area (TPSA) is 63.2 Å². The fourth-order valence-electron chi connectivity index (χ4n) is 3.13. The van der Waals surface area contributed by atoms with Crippen molar-refractivity contribution in [1.82, 2.24) is 21.0 Å². The number of anilines is 1. The molecule has 2 aliphatic heterocycles. The van der Waals surface area contributed by atoms with Gasteiger partial charge >= 0.3 is 0 Å². The molecule has 2 aliphatic rings. The summed E-state index contributed by atoms with van der Waals surface area (Å²) in [5, 5.41) is 5.45. The number of hydrazine groups is 2. The second-order valence-electron chi connectivity index (χ2n) is 7.23. The molecule has 1 amide bonds. The van der Waals surface area contributed by atoms with Crippen LogP contribution in [0, 0.1) is 0 Å². The molecule has 0 aliphatic carbocycles. The summed E-state index contributed by atoms with van der Waals surface area (Å²) in [4.78, 5) is 16.7. The summed E-state index contributed by atoms with van der Waals surface area (Å²) in [7, 11) is 0. The molecule has 24 heavy (non-hydrogen) atoms. The molecule has 2 heterocycles. The van der Waals surface area contributed by atoms with Crippen molar-refractivity contribution in [3.8, 4) is 0 Å². The fraction of sp³-hybridized carbons (Fsp3) is 0.529. The first kappa shape index (κ1) is 16.6. The van der Waals surface area contributed by atoms with E-state index in [2.05, 4.69) is 66.1 Å². The van der Waals surface area contributed by atoms with Gasteiger partial charge in [-0.05, 0) is 17.0 Å². The highest BCUT2D eigenvalue weighted by atomic mass is 16.2. The van der Waals surface area contributed by atoms with Crippen LogP contribution in [0.2, 0.25) is 0 Å². The Kier molecular flexibility index (Phi) is 4.62. The Balaban J connectivity index is 1.61. The highest BCUT2D eigenvalue weighted by Gasteiger charge is 2.26. The number of carbonyl (C=O) groups excluding carboxylic acids is 1. The fourth-order valence-corrected chi connectivity index (χ4v) is 3.13. The summed E-state index contributed by atoms with van der Waals surface area (Å²) in [5.74, 6) is 0.112. The Bertz CT molecular complexity index is 616. The third-order valence-corrected chi connectivity index (χ3v) is 4.45. The maximum atomic E-state index is 12.4. The van der Waals surface area contributed by atoms with E-state index >= 15 is 0 Å². The van der Waals surface area contributed by atoms with Crippen molar-refractivity contribution < 1.29 is 4.79 Å². The van der Waals surface area contributed by atoms with Crippen LogP contribution in [0.4, 0.5) is 5.69 Å². The van der Waals surface area contributed by atoms with Crippen LogP contribution in [0.5, 0.6) is 0 Å². The average Bonchev–Trinajstić information content (AvgIpc) is 3.07. The molecule has 0 unspecified atom stereocenters. The van der Waals surface area contributed by atoms with Gasteiger partial charge in [-0.25, -0.2) is 5.53 Å². The molecule has 0 spiro atoms. The number of para-hydroxylation sites is 1. The van der Waals surface area contributed by atoms with Crippen molar-refractivity contribution in [3.63, 3.8) is 0 Å². The summed E-state index contributed by atoms with van der Waals surface area (Å²) in [6.07, 6.45) is 1.58. The zero-order valence-electron chi connectivity index (χ0n) is 14.6. The Hall–Kier alpha value is -2.28. The van der Waals surface area contributed by atoms with Crippen LogP contribution in [0.15, 0.2) is 29.4 Å². The number of benzene rings is 1. The Labute approximate surface area is 143 Å². The zero-order chi connectivity index (χ0) is 17.2. The van der Waals surface area contributed by atoms with Gasteiger partial charge in [-0.2, -0.15) is 5.10 Å². The van der Waals surface area contributed by atoms with Crippen molar-refractivity contribution in [1.29, 1.82) is 0 Å². The Morgan fingerprint density at radius 1 is 1.17 bits per heavy atom. The molecule has 0 saturated carbocycles. The second kappa shape index (κ2) is 6.68. The minimum atomic E-state index is 0.108. The quantitative estimate of drug-likeness (QED) is 0.862. The summed E-state index contributed by atoms with van der Waals surface area (Å²) >= 11 is 0. The van der Waals surface area contributed by atoms with Crippen LogP contribution in [0.25, 0.3) is 0 Å². The molecule has 130 valence electrons. The molecule has 7 nitrogen and oxygen atoms in total. The second-order valence-corrected chi connectivity index (χ2v) is 7.23. The van der Waals surface area contributed by atoms with E-state index in [9.17, 15) is 4.79 Å². The summed E-state index contributed by atoms with van der Waals surface area (Å²) in [6.45, 7) is 10.2. The van der Waals surface area contributed by atoms with Gasteiger partial charge < -0.3 is 9.80 Å². The average molecular weight is 330 g/mol. The number of carbonyl (C=O) groups is 1. The van der Waals surface area contributed by atoms with E-state index in [0.29, 0.717) is 0 Å². The SMILES string of the molecule is CC(C)(C)c1ccccc1N1CCN(C(=O)CN2C=NNN2)CC1. The Morgan fingerprint density at radius 2 is 1.88 bits per heavy atom. The summed E-state index contributed by atoms with van der Waals surface area (Å²) < 4.78 is 0. The van der Waals surface area contributed by atoms with Crippen LogP contribution in [0.3, 0.4) is 0 Å². The van der Waals surface area contributed by atoms with Crippen molar-refractivity contribution >= 4 is 17.9 Å². The zero-order valence-corrected chi connectivity index (χ0v) is 14.6. The van der Waals surface area contributed by atoms with Crippen LogP contribution < -0.4 is 16.0 Å². The van der Waals surface area contributed by atoms with Gasteiger partial charge in [0.2, 0.25) is 5.91 Å².